The van der Waals surface area contributed by atoms with E-state index in [0.29, 0.717) is 24.3 Å². The van der Waals surface area contributed by atoms with E-state index in [1.807, 2.05) is 6.92 Å². The average molecular weight is 305 g/mol. The lowest BCUT2D eigenvalue weighted by atomic mass is 10.2. The van der Waals surface area contributed by atoms with E-state index in [-0.39, 0.29) is 24.6 Å². The fourth-order valence-electron chi connectivity index (χ4n) is 2.61. The van der Waals surface area contributed by atoms with Crippen LogP contribution >= 0.6 is 0 Å². The van der Waals surface area contributed by atoms with Crippen molar-refractivity contribution in [3.05, 3.63) is 24.3 Å². The molecule has 120 valence electrons. The van der Waals surface area contributed by atoms with E-state index in [9.17, 15) is 14.7 Å². The molecule has 1 aliphatic heterocycles. The Balaban J connectivity index is 1.98. The zero-order valence-corrected chi connectivity index (χ0v) is 12.8. The molecule has 1 heterocycles. The molecule has 1 aliphatic rings. The van der Waals surface area contributed by atoms with Crippen molar-refractivity contribution < 1.29 is 14.7 Å². The maximum atomic E-state index is 12.2. The van der Waals surface area contributed by atoms with Crippen molar-refractivity contribution in [2.24, 2.45) is 0 Å². The first kappa shape index (κ1) is 16.3. The number of nitrogens with zero attached hydrogens (tertiary/aromatic N) is 1. The number of carbonyl (C=O) groups is 2. The number of likely N-dealkylation sites (tertiary alicyclic amines) is 1. The van der Waals surface area contributed by atoms with Gasteiger partial charge in [0.2, 0.25) is 5.91 Å². The molecule has 22 heavy (non-hydrogen) atoms. The van der Waals surface area contributed by atoms with Gasteiger partial charge in [-0.05, 0) is 37.5 Å². The van der Waals surface area contributed by atoms with Gasteiger partial charge in [-0.25, -0.2) is 4.79 Å². The van der Waals surface area contributed by atoms with Crippen molar-refractivity contribution in [3.8, 4) is 0 Å². The topological polar surface area (TPSA) is 81.7 Å². The number of anilines is 2. The molecule has 0 saturated carbocycles. The minimum absolute atomic E-state index is 0.0134. The molecule has 0 bridgehead atoms. The van der Waals surface area contributed by atoms with Crippen LogP contribution in [0.4, 0.5) is 16.2 Å². The van der Waals surface area contributed by atoms with Gasteiger partial charge in [0, 0.05) is 24.3 Å². The van der Waals surface area contributed by atoms with Crippen LogP contribution in [-0.4, -0.2) is 41.1 Å². The van der Waals surface area contributed by atoms with Crippen LogP contribution in [0.1, 0.15) is 32.6 Å². The predicted molar refractivity (Wildman–Crippen MR) is 85.8 cm³/mol. The van der Waals surface area contributed by atoms with Gasteiger partial charge in [-0.3, -0.25) is 4.79 Å². The zero-order chi connectivity index (χ0) is 15.9. The molecule has 0 aromatic heterocycles. The first-order chi connectivity index (χ1) is 10.6. The largest absolute Gasteiger partial charge is 0.394 e. The minimum Gasteiger partial charge on any atom is -0.394 e. The van der Waals surface area contributed by atoms with Gasteiger partial charge in [-0.15, -0.1) is 0 Å². The Bertz CT molecular complexity index is 533. The summed E-state index contributed by atoms with van der Waals surface area (Å²) in [6.45, 7) is 2.59. The van der Waals surface area contributed by atoms with Gasteiger partial charge in [0.15, 0.2) is 0 Å². The van der Waals surface area contributed by atoms with E-state index >= 15 is 0 Å². The summed E-state index contributed by atoms with van der Waals surface area (Å²) < 4.78 is 0. The number of rotatable bonds is 5. The van der Waals surface area contributed by atoms with Crippen LogP contribution in [0.2, 0.25) is 0 Å². The molecule has 1 atom stereocenters. The summed E-state index contributed by atoms with van der Waals surface area (Å²) >= 11 is 0. The van der Waals surface area contributed by atoms with Crippen LogP contribution in [-0.2, 0) is 4.79 Å². The zero-order valence-electron chi connectivity index (χ0n) is 12.8. The number of urea groups is 1. The normalized spacial score (nSPS) is 17.4. The number of amides is 3. The van der Waals surface area contributed by atoms with E-state index in [2.05, 4.69) is 10.6 Å². The van der Waals surface area contributed by atoms with E-state index in [0.717, 1.165) is 19.3 Å². The van der Waals surface area contributed by atoms with Crippen molar-refractivity contribution in [2.45, 2.75) is 38.6 Å². The van der Waals surface area contributed by atoms with Gasteiger partial charge in [-0.1, -0.05) is 13.0 Å². The Hall–Kier alpha value is -2.08. The number of nitrogens with one attached hydrogen (secondary N) is 2. The molecule has 0 radical (unpaired) electrons. The molecule has 0 spiro atoms. The Morgan fingerprint density at radius 2 is 2.05 bits per heavy atom. The van der Waals surface area contributed by atoms with Crippen LogP contribution in [0.3, 0.4) is 0 Å². The highest BCUT2D eigenvalue weighted by Gasteiger charge is 2.27. The number of carbonyl (C=O) groups excluding carboxylic acids is 2. The minimum atomic E-state index is -0.214. The van der Waals surface area contributed by atoms with Crippen LogP contribution in [0.5, 0.6) is 0 Å². The Labute approximate surface area is 130 Å². The van der Waals surface area contributed by atoms with Crippen molar-refractivity contribution in [2.75, 3.05) is 23.8 Å². The van der Waals surface area contributed by atoms with Crippen molar-refractivity contribution >= 4 is 23.3 Å². The van der Waals surface area contributed by atoms with Crippen LogP contribution in [0, 0.1) is 0 Å². The van der Waals surface area contributed by atoms with Gasteiger partial charge in [-0.2, -0.15) is 0 Å². The standard InChI is InChI=1S/C16H23N3O3/c1-2-5-15(21)17-12-6-3-7-13(10-12)18-16(22)19-9-4-8-14(19)11-20/h3,6-7,10,14,20H,2,4-5,8-9,11H2,1H3,(H,17,21)(H,18,22)/t14-/m0/s1. The number of aliphatic hydroxyl groups excluding tert-OH is 1. The van der Waals surface area contributed by atoms with Crippen LogP contribution in [0.15, 0.2) is 24.3 Å². The molecular weight excluding hydrogens is 282 g/mol. The quantitative estimate of drug-likeness (QED) is 0.781. The van der Waals surface area contributed by atoms with E-state index in [1.165, 1.54) is 0 Å². The van der Waals surface area contributed by atoms with E-state index in [1.54, 1.807) is 29.2 Å². The lowest BCUT2D eigenvalue weighted by molar-refractivity contribution is -0.116. The smallest absolute Gasteiger partial charge is 0.322 e. The van der Waals surface area contributed by atoms with Crippen molar-refractivity contribution in [3.63, 3.8) is 0 Å². The fourth-order valence-corrected chi connectivity index (χ4v) is 2.61. The number of hydrogen-bond donors (Lipinski definition) is 3. The van der Waals surface area contributed by atoms with Crippen molar-refractivity contribution in [1.29, 1.82) is 0 Å². The van der Waals surface area contributed by atoms with E-state index < -0.39 is 0 Å². The lowest BCUT2D eigenvalue weighted by Gasteiger charge is -2.23. The third-order valence-corrected chi connectivity index (χ3v) is 3.72. The summed E-state index contributed by atoms with van der Waals surface area (Å²) in [5, 5.41) is 14.9. The second-order valence-corrected chi connectivity index (χ2v) is 5.48. The highest BCUT2D eigenvalue weighted by atomic mass is 16.3. The predicted octanol–water partition coefficient (Wildman–Crippen LogP) is 2.41. The molecule has 6 heteroatoms. The molecule has 1 fully saturated rings. The number of aliphatic hydroxyl groups is 1. The third-order valence-electron chi connectivity index (χ3n) is 3.72. The fraction of sp³-hybridized carbons (Fsp3) is 0.500. The Morgan fingerprint density at radius 1 is 1.32 bits per heavy atom. The maximum absolute atomic E-state index is 12.2. The highest BCUT2D eigenvalue weighted by Crippen LogP contribution is 2.20. The molecule has 0 unspecified atom stereocenters. The van der Waals surface area contributed by atoms with Gasteiger partial charge in [0.25, 0.3) is 0 Å². The molecular formula is C16H23N3O3. The van der Waals surface area contributed by atoms with Crippen LogP contribution < -0.4 is 10.6 Å². The summed E-state index contributed by atoms with van der Waals surface area (Å²) in [6.07, 6.45) is 3.01. The lowest BCUT2D eigenvalue weighted by Crippen LogP contribution is -2.40. The van der Waals surface area contributed by atoms with Gasteiger partial charge >= 0.3 is 6.03 Å². The van der Waals surface area contributed by atoms with Gasteiger partial charge in [0.05, 0.1) is 12.6 Å². The SMILES string of the molecule is CCCC(=O)Nc1cccc(NC(=O)N2CCC[C@H]2CO)c1. The molecule has 3 amide bonds. The molecule has 3 N–H and O–H groups in total. The summed E-state index contributed by atoms with van der Waals surface area (Å²) in [5.41, 5.74) is 1.29. The average Bonchev–Trinajstić information content (AvgIpc) is 2.96. The second-order valence-electron chi connectivity index (χ2n) is 5.48. The molecule has 1 saturated heterocycles. The summed E-state index contributed by atoms with van der Waals surface area (Å²) in [5.74, 6) is -0.0362. The third kappa shape index (κ3) is 4.21. The Kier molecular flexibility index (Phi) is 5.77. The summed E-state index contributed by atoms with van der Waals surface area (Å²) in [7, 11) is 0. The van der Waals surface area contributed by atoms with Crippen LogP contribution in [0.25, 0.3) is 0 Å². The molecule has 1 aromatic rings. The highest BCUT2D eigenvalue weighted by molar-refractivity contribution is 5.93. The summed E-state index contributed by atoms with van der Waals surface area (Å²) in [4.78, 5) is 25.5. The number of hydrogen-bond acceptors (Lipinski definition) is 3. The van der Waals surface area contributed by atoms with E-state index in [4.69, 9.17) is 0 Å². The summed E-state index contributed by atoms with van der Waals surface area (Å²) in [6, 6.07) is 6.76. The maximum Gasteiger partial charge on any atom is 0.322 e. The molecule has 0 aliphatic carbocycles. The van der Waals surface area contributed by atoms with Gasteiger partial charge < -0.3 is 20.6 Å². The van der Waals surface area contributed by atoms with Gasteiger partial charge in [0.1, 0.15) is 0 Å². The second kappa shape index (κ2) is 7.79. The van der Waals surface area contributed by atoms with Crippen molar-refractivity contribution in [1.82, 2.24) is 4.90 Å². The molecule has 1 aromatic carbocycles. The monoisotopic (exact) mass is 305 g/mol. The molecule has 6 nitrogen and oxygen atoms in total. The first-order valence-electron chi connectivity index (χ1n) is 7.72. The number of benzene rings is 1. The Morgan fingerprint density at radius 3 is 2.73 bits per heavy atom. The molecule has 2 rings (SSSR count). The first-order valence-corrected chi connectivity index (χ1v) is 7.72.